The quantitative estimate of drug-likeness (QED) is 0.790. The van der Waals surface area contributed by atoms with Crippen LogP contribution in [0.1, 0.15) is 19.4 Å². The Kier molecular flexibility index (Phi) is 5.49. The number of aliphatic carboxylic acids is 1. The van der Waals surface area contributed by atoms with Crippen molar-refractivity contribution in [2.45, 2.75) is 26.4 Å². The highest BCUT2D eigenvalue weighted by molar-refractivity contribution is 5.73. The number of ether oxygens (including phenoxy) is 2. The van der Waals surface area contributed by atoms with Crippen LogP contribution < -0.4 is 4.74 Å². The molecule has 17 heavy (non-hydrogen) atoms. The molecule has 1 unspecified atom stereocenters. The van der Waals surface area contributed by atoms with E-state index in [0.29, 0.717) is 19.6 Å². The molecule has 1 atom stereocenters. The van der Waals surface area contributed by atoms with Crippen molar-refractivity contribution < 1.29 is 19.4 Å². The van der Waals surface area contributed by atoms with Crippen molar-refractivity contribution in [3.8, 4) is 5.75 Å². The van der Waals surface area contributed by atoms with Crippen molar-refractivity contribution in [2.75, 3.05) is 13.2 Å². The standard InChI is InChI=1S/C13H18O4/c1-3-16-11-8-6-5-7-10(11)9-12(13(14)15)17-4-2/h5-8,12H,3-4,9H2,1-2H3,(H,14,15). The summed E-state index contributed by atoms with van der Waals surface area (Å²) in [5.41, 5.74) is 0.857. The lowest BCUT2D eigenvalue weighted by Crippen LogP contribution is -2.26. The van der Waals surface area contributed by atoms with Crippen molar-refractivity contribution in [2.24, 2.45) is 0 Å². The summed E-state index contributed by atoms with van der Waals surface area (Å²) in [4.78, 5) is 11.0. The molecule has 0 saturated carbocycles. The Morgan fingerprint density at radius 3 is 2.59 bits per heavy atom. The van der Waals surface area contributed by atoms with Gasteiger partial charge in [0.2, 0.25) is 0 Å². The highest BCUT2D eigenvalue weighted by atomic mass is 16.5. The first kappa shape index (κ1) is 13.5. The topological polar surface area (TPSA) is 55.8 Å². The molecule has 1 rings (SSSR count). The van der Waals surface area contributed by atoms with Gasteiger partial charge in [0.1, 0.15) is 5.75 Å². The highest BCUT2D eigenvalue weighted by Crippen LogP contribution is 2.20. The molecule has 0 amide bonds. The Morgan fingerprint density at radius 1 is 1.29 bits per heavy atom. The van der Waals surface area contributed by atoms with E-state index in [9.17, 15) is 4.79 Å². The Bertz CT molecular complexity index is 362. The van der Waals surface area contributed by atoms with Crippen LogP contribution in [0.25, 0.3) is 0 Å². The predicted octanol–water partition coefficient (Wildman–Crippen LogP) is 2.12. The Hall–Kier alpha value is -1.55. The number of benzene rings is 1. The molecule has 0 aromatic heterocycles. The van der Waals surface area contributed by atoms with Crippen LogP contribution in [0, 0.1) is 0 Å². The van der Waals surface area contributed by atoms with E-state index in [1.165, 1.54) is 0 Å². The smallest absolute Gasteiger partial charge is 0.333 e. The molecule has 0 heterocycles. The predicted molar refractivity (Wildman–Crippen MR) is 64.4 cm³/mol. The SMILES string of the molecule is CCOc1ccccc1CC(OCC)C(=O)O. The van der Waals surface area contributed by atoms with Gasteiger partial charge in [-0.15, -0.1) is 0 Å². The van der Waals surface area contributed by atoms with Gasteiger partial charge < -0.3 is 14.6 Å². The maximum atomic E-state index is 11.0. The minimum absolute atomic E-state index is 0.319. The van der Waals surface area contributed by atoms with E-state index < -0.39 is 12.1 Å². The molecule has 94 valence electrons. The van der Waals surface area contributed by atoms with Crippen molar-refractivity contribution in [3.63, 3.8) is 0 Å². The van der Waals surface area contributed by atoms with Crippen molar-refractivity contribution >= 4 is 5.97 Å². The third kappa shape index (κ3) is 4.07. The summed E-state index contributed by atoms with van der Waals surface area (Å²) < 4.78 is 10.6. The number of carboxylic acids is 1. The van der Waals surface area contributed by atoms with E-state index in [1.807, 2.05) is 31.2 Å². The zero-order valence-electron chi connectivity index (χ0n) is 10.2. The van der Waals surface area contributed by atoms with Gasteiger partial charge in [0.05, 0.1) is 6.61 Å². The summed E-state index contributed by atoms with van der Waals surface area (Å²) in [5, 5.41) is 9.02. The third-order valence-electron chi connectivity index (χ3n) is 2.32. The van der Waals surface area contributed by atoms with Gasteiger partial charge in [0.15, 0.2) is 6.10 Å². The van der Waals surface area contributed by atoms with Gasteiger partial charge in [-0.05, 0) is 25.5 Å². The average molecular weight is 238 g/mol. The first-order valence-electron chi connectivity index (χ1n) is 5.74. The van der Waals surface area contributed by atoms with E-state index in [-0.39, 0.29) is 0 Å². The van der Waals surface area contributed by atoms with Crippen LogP contribution >= 0.6 is 0 Å². The van der Waals surface area contributed by atoms with Gasteiger partial charge in [-0.2, -0.15) is 0 Å². The maximum Gasteiger partial charge on any atom is 0.333 e. The van der Waals surface area contributed by atoms with Gasteiger partial charge in [0.25, 0.3) is 0 Å². The van der Waals surface area contributed by atoms with Crippen molar-refractivity contribution in [1.29, 1.82) is 0 Å². The second-order valence-electron chi connectivity index (χ2n) is 3.53. The monoisotopic (exact) mass is 238 g/mol. The summed E-state index contributed by atoms with van der Waals surface area (Å²) in [6.45, 7) is 4.62. The maximum absolute atomic E-state index is 11.0. The minimum Gasteiger partial charge on any atom is -0.494 e. The minimum atomic E-state index is -0.946. The van der Waals surface area contributed by atoms with E-state index in [0.717, 1.165) is 11.3 Å². The zero-order chi connectivity index (χ0) is 12.7. The van der Waals surface area contributed by atoms with Crippen LogP contribution in [0.2, 0.25) is 0 Å². The van der Waals surface area contributed by atoms with Crippen LogP contribution in [-0.2, 0) is 16.0 Å². The molecule has 0 radical (unpaired) electrons. The summed E-state index contributed by atoms with van der Waals surface area (Å²) in [5.74, 6) is -0.223. The fourth-order valence-corrected chi connectivity index (χ4v) is 1.59. The molecule has 1 aromatic rings. The van der Waals surface area contributed by atoms with Crippen LogP contribution in [0.5, 0.6) is 5.75 Å². The van der Waals surface area contributed by atoms with Crippen molar-refractivity contribution in [1.82, 2.24) is 0 Å². The van der Waals surface area contributed by atoms with Gasteiger partial charge >= 0.3 is 5.97 Å². The molecule has 0 saturated heterocycles. The summed E-state index contributed by atoms with van der Waals surface area (Å²) in [6.07, 6.45) is -0.499. The largest absolute Gasteiger partial charge is 0.494 e. The normalized spacial score (nSPS) is 12.1. The Morgan fingerprint density at radius 2 is 2.00 bits per heavy atom. The fourth-order valence-electron chi connectivity index (χ4n) is 1.59. The molecular formula is C13H18O4. The second kappa shape index (κ2) is 6.91. The van der Waals surface area contributed by atoms with Gasteiger partial charge in [-0.1, -0.05) is 18.2 Å². The molecule has 4 heteroatoms. The van der Waals surface area contributed by atoms with Crippen LogP contribution in [0.4, 0.5) is 0 Å². The number of rotatable bonds is 7. The molecule has 1 aromatic carbocycles. The number of hydrogen-bond acceptors (Lipinski definition) is 3. The Labute approximate surface area is 101 Å². The third-order valence-corrected chi connectivity index (χ3v) is 2.32. The van der Waals surface area contributed by atoms with Crippen LogP contribution in [-0.4, -0.2) is 30.4 Å². The van der Waals surface area contributed by atoms with Gasteiger partial charge in [-0.3, -0.25) is 0 Å². The molecule has 0 aliphatic rings. The summed E-state index contributed by atoms with van der Waals surface area (Å²) in [6, 6.07) is 7.43. The van der Waals surface area contributed by atoms with Gasteiger partial charge in [0, 0.05) is 13.0 Å². The lowest BCUT2D eigenvalue weighted by atomic mass is 10.1. The molecule has 0 aliphatic heterocycles. The number of carbonyl (C=O) groups is 1. The number of hydrogen-bond donors (Lipinski definition) is 1. The highest BCUT2D eigenvalue weighted by Gasteiger charge is 2.19. The van der Waals surface area contributed by atoms with Crippen molar-refractivity contribution in [3.05, 3.63) is 29.8 Å². The zero-order valence-corrected chi connectivity index (χ0v) is 10.2. The summed E-state index contributed by atoms with van der Waals surface area (Å²) in [7, 11) is 0. The van der Waals surface area contributed by atoms with Gasteiger partial charge in [-0.25, -0.2) is 4.79 Å². The first-order chi connectivity index (χ1) is 8.19. The van der Waals surface area contributed by atoms with E-state index in [1.54, 1.807) is 6.92 Å². The lowest BCUT2D eigenvalue weighted by Gasteiger charge is -2.15. The second-order valence-corrected chi connectivity index (χ2v) is 3.53. The molecule has 0 bridgehead atoms. The first-order valence-corrected chi connectivity index (χ1v) is 5.74. The van der Waals surface area contributed by atoms with Crippen LogP contribution in [0.15, 0.2) is 24.3 Å². The molecular weight excluding hydrogens is 220 g/mol. The number of carboxylic acid groups (broad SMARTS) is 1. The van der Waals surface area contributed by atoms with E-state index >= 15 is 0 Å². The molecule has 0 fully saturated rings. The number of para-hydroxylation sites is 1. The molecule has 4 nitrogen and oxygen atoms in total. The summed E-state index contributed by atoms with van der Waals surface area (Å²) >= 11 is 0. The van der Waals surface area contributed by atoms with E-state index in [4.69, 9.17) is 14.6 Å². The Balaban J connectivity index is 2.80. The van der Waals surface area contributed by atoms with E-state index in [2.05, 4.69) is 0 Å². The molecule has 0 spiro atoms. The fraction of sp³-hybridized carbons (Fsp3) is 0.462. The lowest BCUT2D eigenvalue weighted by molar-refractivity contribution is -0.149. The van der Waals surface area contributed by atoms with Crippen LogP contribution in [0.3, 0.4) is 0 Å². The average Bonchev–Trinajstić information content (AvgIpc) is 2.31. The molecule has 1 N–H and O–H groups in total. The molecule has 0 aliphatic carbocycles.